The number of nitro benzene ring substituents is 1. The minimum Gasteiger partial charge on any atom is -0.492 e. The lowest BCUT2D eigenvalue weighted by atomic mass is 10.2. The molecule has 202 valence electrons. The summed E-state index contributed by atoms with van der Waals surface area (Å²) in [4.78, 5) is 23.6. The first-order valence-corrected chi connectivity index (χ1v) is 13.1. The predicted octanol–water partition coefficient (Wildman–Crippen LogP) is 5.03. The summed E-state index contributed by atoms with van der Waals surface area (Å²) in [6.45, 7) is 4.39. The summed E-state index contributed by atoms with van der Waals surface area (Å²) in [7, 11) is -1.18. The molecule has 0 fully saturated rings. The molecular formula is C25H29N5O7S. The zero-order valence-corrected chi connectivity index (χ0v) is 22.2. The standard InChI is InChI=1S/C25H29N5O7S/c1-5-36-23-10-8-7-9-20(23)27-25(31)28-21-15-17(11-14-24(21)37-6-2)26-19-13-12-18(16-22(19)30(32)33)38(34,35)29(3)4/h7-16,26H,5-6H2,1-4H3,(H2,27,28,31). The Morgan fingerprint density at radius 3 is 2.16 bits per heavy atom. The van der Waals surface area contributed by atoms with Crippen molar-refractivity contribution in [3.05, 3.63) is 70.8 Å². The number of rotatable bonds is 11. The van der Waals surface area contributed by atoms with Crippen LogP contribution in [0.1, 0.15) is 13.8 Å². The number of sulfonamides is 1. The van der Waals surface area contributed by atoms with E-state index in [0.29, 0.717) is 41.8 Å². The van der Waals surface area contributed by atoms with E-state index >= 15 is 0 Å². The molecule has 3 rings (SSSR count). The summed E-state index contributed by atoms with van der Waals surface area (Å²) in [5.41, 5.74) is 0.810. The normalized spacial score (nSPS) is 11.1. The van der Waals surface area contributed by atoms with Crippen LogP contribution in [0.2, 0.25) is 0 Å². The summed E-state index contributed by atoms with van der Waals surface area (Å²) in [5, 5.41) is 20.1. The average Bonchev–Trinajstić information content (AvgIpc) is 2.87. The number of nitrogens with one attached hydrogen (secondary N) is 3. The van der Waals surface area contributed by atoms with Crippen LogP contribution in [-0.2, 0) is 10.0 Å². The summed E-state index contributed by atoms with van der Waals surface area (Å²) in [6.07, 6.45) is 0. The zero-order chi connectivity index (χ0) is 27.9. The van der Waals surface area contributed by atoms with Gasteiger partial charge in [-0.2, -0.15) is 0 Å². The molecule has 12 nitrogen and oxygen atoms in total. The Balaban J connectivity index is 1.89. The Bertz CT molecular complexity index is 1430. The SMILES string of the molecule is CCOc1ccccc1NC(=O)Nc1cc(Nc2ccc(S(=O)(=O)N(C)C)cc2[N+](=O)[O-])ccc1OCC. The second kappa shape index (κ2) is 12.3. The Labute approximate surface area is 220 Å². The van der Waals surface area contributed by atoms with Crippen LogP contribution in [0, 0.1) is 10.1 Å². The van der Waals surface area contributed by atoms with Gasteiger partial charge in [-0.3, -0.25) is 10.1 Å². The van der Waals surface area contributed by atoms with Crippen molar-refractivity contribution in [2.75, 3.05) is 43.3 Å². The van der Waals surface area contributed by atoms with Crippen LogP contribution in [-0.4, -0.2) is 51.0 Å². The second-order valence-electron chi connectivity index (χ2n) is 8.00. The lowest BCUT2D eigenvalue weighted by Crippen LogP contribution is -2.22. The number of amides is 2. The van der Waals surface area contributed by atoms with Gasteiger partial charge >= 0.3 is 6.03 Å². The van der Waals surface area contributed by atoms with Gasteiger partial charge in [-0.1, -0.05) is 12.1 Å². The van der Waals surface area contributed by atoms with E-state index in [1.54, 1.807) is 49.4 Å². The number of ether oxygens (including phenoxy) is 2. The van der Waals surface area contributed by atoms with Crippen molar-refractivity contribution in [2.45, 2.75) is 18.7 Å². The third kappa shape index (κ3) is 6.69. The van der Waals surface area contributed by atoms with Gasteiger partial charge in [-0.25, -0.2) is 17.5 Å². The van der Waals surface area contributed by atoms with Crippen LogP contribution in [0.15, 0.2) is 65.6 Å². The maximum Gasteiger partial charge on any atom is 0.323 e. The molecule has 0 aliphatic heterocycles. The Morgan fingerprint density at radius 1 is 0.895 bits per heavy atom. The first kappa shape index (κ1) is 28.2. The molecule has 0 atom stereocenters. The number of hydrogen-bond donors (Lipinski definition) is 3. The fourth-order valence-corrected chi connectivity index (χ4v) is 4.33. The van der Waals surface area contributed by atoms with Gasteiger partial charge < -0.3 is 25.4 Å². The van der Waals surface area contributed by atoms with Gasteiger partial charge in [-0.15, -0.1) is 0 Å². The van der Waals surface area contributed by atoms with Gasteiger partial charge in [-0.05, 0) is 56.3 Å². The minimum absolute atomic E-state index is 0.0675. The monoisotopic (exact) mass is 543 g/mol. The van der Waals surface area contributed by atoms with Crippen LogP contribution >= 0.6 is 0 Å². The highest BCUT2D eigenvalue weighted by atomic mass is 32.2. The third-order valence-electron chi connectivity index (χ3n) is 5.19. The molecular weight excluding hydrogens is 514 g/mol. The summed E-state index contributed by atoms with van der Waals surface area (Å²) in [5.74, 6) is 0.894. The minimum atomic E-state index is -3.87. The van der Waals surface area contributed by atoms with Crippen molar-refractivity contribution in [1.82, 2.24) is 4.31 Å². The number of nitrogens with zero attached hydrogens (tertiary/aromatic N) is 2. The first-order chi connectivity index (χ1) is 18.1. The lowest BCUT2D eigenvalue weighted by Gasteiger charge is -2.16. The van der Waals surface area contributed by atoms with Crippen LogP contribution in [0.3, 0.4) is 0 Å². The maximum absolute atomic E-state index is 12.8. The Morgan fingerprint density at radius 2 is 1.53 bits per heavy atom. The predicted molar refractivity (Wildman–Crippen MR) is 145 cm³/mol. The molecule has 0 aromatic heterocycles. The molecule has 38 heavy (non-hydrogen) atoms. The van der Waals surface area contributed by atoms with E-state index in [1.807, 2.05) is 6.92 Å². The second-order valence-corrected chi connectivity index (χ2v) is 10.2. The van der Waals surface area contributed by atoms with E-state index in [4.69, 9.17) is 9.47 Å². The molecule has 3 aromatic rings. The molecule has 0 unspecified atom stereocenters. The highest BCUT2D eigenvalue weighted by Gasteiger charge is 2.23. The molecule has 0 bridgehead atoms. The van der Waals surface area contributed by atoms with Gasteiger partial charge in [0.2, 0.25) is 10.0 Å². The van der Waals surface area contributed by atoms with Crippen molar-refractivity contribution < 1.29 is 27.6 Å². The topological polar surface area (TPSA) is 152 Å². The highest BCUT2D eigenvalue weighted by Crippen LogP contribution is 2.34. The summed E-state index contributed by atoms with van der Waals surface area (Å²) in [6, 6.07) is 14.8. The summed E-state index contributed by atoms with van der Waals surface area (Å²) < 4.78 is 37.0. The Kier molecular flexibility index (Phi) is 9.10. The van der Waals surface area contributed by atoms with Gasteiger partial charge in [0.05, 0.1) is 34.4 Å². The summed E-state index contributed by atoms with van der Waals surface area (Å²) >= 11 is 0. The fourth-order valence-electron chi connectivity index (χ4n) is 3.41. The lowest BCUT2D eigenvalue weighted by molar-refractivity contribution is -0.384. The van der Waals surface area contributed by atoms with E-state index < -0.39 is 26.7 Å². The van der Waals surface area contributed by atoms with E-state index in [9.17, 15) is 23.3 Å². The molecule has 13 heteroatoms. The Hall–Kier alpha value is -4.36. The number of para-hydroxylation sites is 2. The molecule has 0 saturated carbocycles. The molecule has 0 radical (unpaired) electrons. The number of carbonyl (C=O) groups is 1. The zero-order valence-electron chi connectivity index (χ0n) is 21.3. The van der Waals surface area contributed by atoms with Crippen molar-refractivity contribution in [3.63, 3.8) is 0 Å². The maximum atomic E-state index is 12.8. The smallest absolute Gasteiger partial charge is 0.323 e. The van der Waals surface area contributed by atoms with Crippen LogP contribution in [0.5, 0.6) is 11.5 Å². The van der Waals surface area contributed by atoms with E-state index in [0.717, 1.165) is 10.4 Å². The van der Waals surface area contributed by atoms with Gasteiger partial charge in [0, 0.05) is 25.8 Å². The van der Waals surface area contributed by atoms with Crippen molar-refractivity contribution >= 4 is 44.5 Å². The number of urea groups is 1. The number of benzene rings is 3. The molecule has 2 amide bonds. The van der Waals surface area contributed by atoms with E-state index in [-0.39, 0.29) is 10.6 Å². The van der Waals surface area contributed by atoms with Crippen molar-refractivity contribution in [2.24, 2.45) is 0 Å². The number of nitro groups is 1. The number of carbonyl (C=O) groups excluding carboxylic acids is 1. The van der Waals surface area contributed by atoms with Gasteiger partial charge in [0.15, 0.2) is 0 Å². The molecule has 0 saturated heterocycles. The van der Waals surface area contributed by atoms with Crippen LogP contribution < -0.4 is 25.4 Å². The number of hydrogen-bond acceptors (Lipinski definition) is 8. The van der Waals surface area contributed by atoms with E-state index in [1.165, 1.54) is 26.2 Å². The van der Waals surface area contributed by atoms with Crippen LogP contribution in [0.4, 0.5) is 33.2 Å². The van der Waals surface area contributed by atoms with Gasteiger partial charge in [0.25, 0.3) is 5.69 Å². The number of anilines is 4. The van der Waals surface area contributed by atoms with Crippen molar-refractivity contribution in [3.8, 4) is 11.5 Å². The average molecular weight is 544 g/mol. The quantitative estimate of drug-likeness (QED) is 0.225. The highest BCUT2D eigenvalue weighted by molar-refractivity contribution is 7.89. The first-order valence-electron chi connectivity index (χ1n) is 11.6. The molecule has 0 spiro atoms. The van der Waals surface area contributed by atoms with E-state index in [2.05, 4.69) is 16.0 Å². The van der Waals surface area contributed by atoms with Crippen LogP contribution in [0.25, 0.3) is 0 Å². The van der Waals surface area contributed by atoms with Crippen molar-refractivity contribution in [1.29, 1.82) is 0 Å². The molecule has 3 N–H and O–H groups in total. The molecule has 0 aliphatic carbocycles. The third-order valence-corrected chi connectivity index (χ3v) is 7.00. The largest absolute Gasteiger partial charge is 0.492 e. The fraction of sp³-hybridized carbons (Fsp3) is 0.240. The molecule has 0 aliphatic rings. The molecule has 0 heterocycles. The molecule has 3 aromatic carbocycles. The van der Waals surface area contributed by atoms with Gasteiger partial charge in [0.1, 0.15) is 17.2 Å².